The van der Waals surface area contributed by atoms with Gasteiger partial charge < -0.3 is 0 Å². The van der Waals surface area contributed by atoms with Crippen molar-refractivity contribution < 1.29 is 0 Å². The number of rotatable bonds is 3. The van der Waals surface area contributed by atoms with Crippen molar-refractivity contribution in [2.45, 2.75) is 45.9 Å². The molecule has 0 heterocycles. The topological polar surface area (TPSA) is 0 Å². The monoisotopic (exact) mass is 160 g/mol. The van der Waals surface area contributed by atoms with E-state index in [-0.39, 0.29) is 0 Å². The van der Waals surface area contributed by atoms with Gasteiger partial charge in [0.1, 0.15) is 0 Å². The Hall–Kier alpha value is 0.0300. The second-order valence-electron chi connectivity index (χ2n) is 3.10. The van der Waals surface area contributed by atoms with Crippen LogP contribution in [0.4, 0.5) is 0 Å². The molecule has 0 aromatic carbocycles. The summed E-state index contributed by atoms with van der Waals surface area (Å²) in [6, 6.07) is 0. The Morgan fingerprint density at radius 2 is 1.80 bits per heavy atom. The first-order valence-corrected chi connectivity index (χ1v) is 4.24. The molecule has 0 aliphatic rings. The van der Waals surface area contributed by atoms with Crippen LogP contribution in [0.25, 0.3) is 0 Å². The summed E-state index contributed by atoms with van der Waals surface area (Å²) in [7, 11) is 0. The van der Waals surface area contributed by atoms with Gasteiger partial charge in [-0.3, -0.25) is 0 Å². The van der Waals surface area contributed by atoms with Crippen LogP contribution in [0, 0.1) is 0 Å². The number of alkyl halides is 1. The smallest absolute Gasteiger partial charge is 0.0310 e. The fraction of sp³-hybridized carbons (Fsp3) is 0.778. The van der Waals surface area contributed by atoms with E-state index in [9.17, 15) is 0 Å². The molecule has 10 heavy (non-hydrogen) atoms. The highest BCUT2D eigenvalue weighted by molar-refractivity contribution is 6.20. The summed E-state index contributed by atoms with van der Waals surface area (Å²) < 4.78 is 0. The first-order chi connectivity index (χ1) is 4.54. The molecule has 0 nitrogen and oxygen atoms in total. The SMILES string of the molecule is CC(C)=C(C)CCC(C)Cl. The summed E-state index contributed by atoms with van der Waals surface area (Å²) >= 11 is 5.80. The molecule has 0 aliphatic carbocycles. The first kappa shape index (κ1) is 10.0. The van der Waals surface area contributed by atoms with Crippen molar-refractivity contribution in [1.82, 2.24) is 0 Å². The van der Waals surface area contributed by atoms with Gasteiger partial charge in [-0.25, -0.2) is 0 Å². The summed E-state index contributed by atoms with van der Waals surface area (Å²) in [5.74, 6) is 0. The molecular weight excluding hydrogens is 144 g/mol. The van der Waals surface area contributed by atoms with Crippen LogP contribution in [0.3, 0.4) is 0 Å². The van der Waals surface area contributed by atoms with E-state index in [1.165, 1.54) is 11.1 Å². The molecule has 0 aromatic heterocycles. The van der Waals surface area contributed by atoms with Gasteiger partial charge in [-0.15, -0.1) is 11.6 Å². The molecule has 0 aliphatic heterocycles. The third kappa shape index (κ3) is 4.87. The van der Waals surface area contributed by atoms with Crippen LogP contribution in [-0.2, 0) is 0 Å². The maximum Gasteiger partial charge on any atom is 0.0310 e. The number of hydrogen-bond donors (Lipinski definition) is 0. The molecule has 0 fully saturated rings. The maximum absolute atomic E-state index is 5.80. The van der Waals surface area contributed by atoms with Crippen molar-refractivity contribution in [3.8, 4) is 0 Å². The van der Waals surface area contributed by atoms with Crippen molar-refractivity contribution in [3.63, 3.8) is 0 Å². The van der Waals surface area contributed by atoms with Gasteiger partial charge in [-0.1, -0.05) is 11.1 Å². The van der Waals surface area contributed by atoms with Gasteiger partial charge in [-0.05, 0) is 40.5 Å². The van der Waals surface area contributed by atoms with E-state index >= 15 is 0 Å². The van der Waals surface area contributed by atoms with Crippen molar-refractivity contribution >= 4 is 11.6 Å². The van der Waals surface area contributed by atoms with Crippen LogP contribution in [0.1, 0.15) is 40.5 Å². The van der Waals surface area contributed by atoms with E-state index < -0.39 is 0 Å². The molecule has 0 rings (SSSR count). The minimum absolute atomic E-state index is 0.314. The van der Waals surface area contributed by atoms with Crippen LogP contribution < -0.4 is 0 Å². The minimum atomic E-state index is 0.314. The Morgan fingerprint density at radius 3 is 2.10 bits per heavy atom. The summed E-state index contributed by atoms with van der Waals surface area (Å²) in [5.41, 5.74) is 2.91. The number of hydrogen-bond acceptors (Lipinski definition) is 0. The third-order valence-electron chi connectivity index (χ3n) is 1.77. The van der Waals surface area contributed by atoms with Crippen LogP contribution >= 0.6 is 11.6 Å². The van der Waals surface area contributed by atoms with E-state index in [0.29, 0.717) is 5.38 Å². The second-order valence-corrected chi connectivity index (χ2v) is 3.84. The molecule has 0 saturated heterocycles. The Balaban J connectivity index is 3.60. The zero-order valence-electron chi connectivity index (χ0n) is 7.37. The Bertz CT molecular complexity index is 119. The lowest BCUT2D eigenvalue weighted by atomic mass is 10.1. The normalized spacial score (nSPS) is 12.9. The van der Waals surface area contributed by atoms with Crippen molar-refractivity contribution in [2.24, 2.45) is 0 Å². The third-order valence-corrected chi connectivity index (χ3v) is 1.99. The Morgan fingerprint density at radius 1 is 1.30 bits per heavy atom. The lowest BCUT2D eigenvalue weighted by Crippen LogP contribution is -1.91. The molecule has 0 N–H and O–H groups in total. The van der Waals surface area contributed by atoms with Crippen molar-refractivity contribution in [2.75, 3.05) is 0 Å². The molecule has 1 heteroatoms. The van der Waals surface area contributed by atoms with E-state index in [0.717, 1.165) is 12.8 Å². The zero-order valence-corrected chi connectivity index (χ0v) is 8.13. The average Bonchev–Trinajstić information content (AvgIpc) is 1.82. The van der Waals surface area contributed by atoms with Crippen LogP contribution in [0.2, 0.25) is 0 Å². The second kappa shape index (κ2) is 4.79. The fourth-order valence-corrected chi connectivity index (χ4v) is 0.775. The number of allylic oxidation sites excluding steroid dienone is 2. The molecule has 0 bridgehead atoms. The van der Waals surface area contributed by atoms with Crippen LogP contribution in [-0.4, -0.2) is 5.38 Å². The minimum Gasteiger partial charge on any atom is -0.123 e. The van der Waals surface area contributed by atoms with Crippen molar-refractivity contribution in [1.29, 1.82) is 0 Å². The molecule has 0 spiro atoms. The Kier molecular flexibility index (Phi) is 4.80. The molecule has 0 radical (unpaired) electrons. The molecule has 1 unspecified atom stereocenters. The van der Waals surface area contributed by atoms with E-state index in [4.69, 9.17) is 11.6 Å². The predicted molar refractivity (Wildman–Crippen MR) is 48.6 cm³/mol. The highest BCUT2D eigenvalue weighted by Gasteiger charge is 1.97. The van der Waals surface area contributed by atoms with Gasteiger partial charge in [0, 0.05) is 5.38 Å². The first-order valence-electron chi connectivity index (χ1n) is 3.81. The summed E-state index contributed by atoms with van der Waals surface area (Å²) in [5, 5.41) is 0.314. The number of halogens is 1. The summed E-state index contributed by atoms with van der Waals surface area (Å²) in [6.07, 6.45) is 2.24. The average molecular weight is 161 g/mol. The quantitative estimate of drug-likeness (QED) is 0.436. The molecular formula is C9H17Cl. The lowest BCUT2D eigenvalue weighted by molar-refractivity contribution is 0.788. The van der Waals surface area contributed by atoms with Gasteiger partial charge in [0.05, 0.1) is 0 Å². The standard InChI is InChI=1S/C9H17Cl/c1-7(2)8(3)5-6-9(4)10/h9H,5-6H2,1-4H3. The fourth-order valence-electron chi connectivity index (χ4n) is 0.665. The molecule has 0 saturated carbocycles. The maximum atomic E-state index is 5.80. The van der Waals surface area contributed by atoms with Crippen LogP contribution in [0.5, 0.6) is 0 Å². The predicted octanol–water partition coefficient (Wildman–Crippen LogP) is 3.75. The van der Waals surface area contributed by atoms with Gasteiger partial charge in [0.15, 0.2) is 0 Å². The zero-order chi connectivity index (χ0) is 8.15. The molecule has 1 atom stereocenters. The molecule has 60 valence electrons. The van der Waals surface area contributed by atoms with Gasteiger partial charge in [-0.2, -0.15) is 0 Å². The van der Waals surface area contributed by atoms with Gasteiger partial charge in [0.2, 0.25) is 0 Å². The summed E-state index contributed by atoms with van der Waals surface area (Å²) in [4.78, 5) is 0. The highest BCUT2D eigenvalue weighted by atomic mass is 35.5. The van der Waals surface area contributed by atoms with Crippen molar-refractivity contribution in [3.05, 3.63) is 11.1 Å². The lowest BCUT2D eigenvalue weighted by Gasteiger charge is -2.04. The Labute approximate surface area is 69.3 Å². The summed E-state index contributed by atoms with van der Waals surface area (Å²) in [6.45, 7) is 8.51. The molecule has 0 amide bonds. The van der Waals surface area contributed by atoms with Crippen LogP contribution in [0.15, 0.2) is 11.1 Å². The van der Waals surface area contributed by atoms with E-state index in [2.05, 4.69) is 20.8 Å². The molecule has 0 aromatic rings. The highest BCUT2D eigenvalue weighted by Crippen LogP contribution is 2.13. The largest absolute Gasteiger partial charge is 0.123 e. The van der Waals surface area contributed by atoms with Gasteiger partial charge in [0.25, 0.3) is 0 Å². The van der Waals surface area contributed by atoms with Gasteiger partial charge >= 0.3 is 0 Å². The van der Waals surface area contributed by atoms with E-state index in [1.54, 1.807) is 0 Å². The van der Waals surface area contributed by atoms with E-state index in [1.807, 2.05) is 6.92 Å².